The SMILES string of the molecule is CC/C=C\C/C=C\C/C=C\C/C=C\C/C=C\C/C=C\C/C=C\C/C=C\C/C=C\CCCCCC(=O)NC(COC1OC(CO)C(OC2OC(CO)C(OC3OC(CO)C(O)C(O)C3O)C(O)C2O)C(O)C1O)C(O)CCCCCC. The van der Waals surface area contributed by atoms with Crippen molar-refractivity contribution in [3.63, 3.8) is 0 Å². The van der Waals surface area contributed by atoms with E-state index >= 15 is 0 Å². The Morgan fingerprint density at radius 1 is 0.463 bits per heavy atom. The van der Waals surface area contributed by atoms with Crippen LogP contribution in [0.4, 0.5) is 0 Å². The van der Waals surface area contributed by atoms with Gasteiger partial charge in [0.2, 0.25) is 5.91 Å². The van der Waals surface area contributed by atoms with Crippen LogP contribution >= 0.6 is 0 Å². The Morgan fingerprint density at radius 2 is 0.863 bits per heavy atom. The third kappa shape index (κ3) is 26.8. The molecule has 17 atom stereocenters. The van der Waals surface area contributed by atoms with Gasteiger partial charge in [-0.3, -0.25) is 4.79 Å². The number of aliphatic hydroxyl groups excluding tert-OH is 11. The Hall–Kier alpha value is -3.55. The molecule has 456 valence electrons. The van der Waals surface area contributed by atoms with E-state index in [-0.39, 0.29) is 18.9 Å². The summed E-state index contributed by atoms with van der Waals surface area (Å²) in [5.41, 5.74) is 0. The van der Waals surface area contributed by atoms with Crippen LogP contribution < -0.4 is 5.32 Å². The molecular formula is C61H99NO18. The number of hydrogen-bond donors (Lipinski definition) is 12. The van der Waals surface area contributed by atoms with Gasteiger partial charge < -0.3 is 89.9 Å². The van der Waals surface area contributed by atoms with E-state index in [1.54, 1.807) is 0 Å². The van der Waals surface area contributed by atoms with E-state index in [4.69, 9.17) is 28.4 Å². The van der Waals surface area contributed by atoms with Gasteiger partial charge in [0.05, 0.1) is 38.6 Å². The van der Waals surface area contributed by atoms with E-state index in [9.17, 15) is 61.0 Å². The lowest BCUT2D eigenvalue weighted by Gasteiger charge is -2.48. The summed E-state index contributed by atoms with van der Waals surface area (Å²) in [6.45, 7) is 1.46. The summed E-state index contributed by atoms with van der Waals surface area (Å²) in [4.78, 5) is 13.2. The maximum Gasteiger partial charge on any atom is 0.220 e. The molecule has 0 aliphatic carbocycles. The first kappa shape index (κ1) is 70.7. The fraction of sp³-hybridized carbons (Fsp3) is 0.689. The van der Waals surface area contributed by atoms with Crippen LogP contribution in [0.25, 0.3) is 0 Å². The topological polar surface area (TPSA) is 307 Å². The number of rotatable bonds is 40. The quantitative estimate of drug-likeness (QED) is 0.0291. The highest BCUT2D eigenvalue weighted by Crippen LogP contribution is 2.33. The van der Waals surface area contributed by atoms with Crippen molar-refractivity contribution in [1.29, 1.82) is 0 Å². The molecule has 19 heteroatoms. The van der Waals surface area contributed by atoms with Crippen LogP contribution in [0.3, 0.4) is 0 Å². The molecule has 19 nitrogen and oxygen atoms in total. The van der Waals surface area contributed by atoms with Crippen molar-refractivity contribution in [1.82, 2.24) is 5.32 Å². The number of aliphatic hydroxyl groups is 11. The van der Waals surface area contributed by atoms with Crippen molar-refractivity contribution < 1.29 is 89.4 Å². The number of nitrogens with one attached hydrogen (secondary N) is 1. The molecule has 3 aliphatic heterocycles. The summed E-state index contributed by atoms with van der Waals surface area (Å²) in [7, 11) is 0. The van der Waals surface area contributed by atoms with Gasteiger partial charge in [-0.05, 0) is 83.5 Å². The van der Waals surface area contributed by atoms with Crippen LogP contribution in [0.2, 0.25) is 0 Å². The fourth-order valence-electron chi connectivity index (χ4n) is 9.07. The molecule has 3 heterocycles. The van der Waals surface area contributed by atoms with E-state index < -0.39 is 124 Å². The molecule has 0 aromatic rings. The standard InChI is InChI=1S/C61H99NO18/c1-3-5-7-9-10-11-12-13-14-15-16-17-18-19-20-21-22-23-24-25-26-27-28-29-30-31-32-33-34-35-37-39-49(67)62-44(45(66)38-36-8-6-4-2)43-75-59-55(73)52(70)57(47(41-64)77-59)80-61-56(74)53(71)58(48(42-65)78-61)79-60-54(72)51(69)50(68)46(40-63)76-60/h5,7,10-11,13-14,16-17,19-20,22-23,25-26,28-29,31-32,44-48,50-61,63-66,68-74H,3-4,6,8-9,12,15,18,21,24,27,30,33-43H2,1-2H3,(H,62,67)/b7-5-,11-10-,14-13-,17-16-,20-19-,23-22-,26-25-,29-28-,32-31-. The Kier molecular flexibility index (Phi) is 38.1. The minimum Gasteiger partial charge on any atom is -0.394 e. The molecule has 3 rings (SSSR count). The molecular weight excluding hydrogens is 1030 g/mol. The van der Waals surface area contributed by atoms with Crippen molar-refractivity contribution in [3.8, 4) is 0 Å². The molecule has 17 unspecified atom stereocenters. The molecule has 0 saturated carbocycles. The summed E-state index contributed by atoms with van der Waals surface area (Å²) in [6, 6.07) is -0.909. The molecule has 12 N–H and O–H groups in total. The Morgan fingerprint density at radius 3 is 1.31 bits per heavy atom. The molecule has 3 aliphatic rings. The van der Waals surface area contributed by atoms with Crippen LogP contribution in [0.1, 0.15) is 136 Å². The Bertz CT molecular complexity index is 1880. The monoisotopic (exact) mass is 1130 g/mol. The number of allylic oxidation sites excluding steroid dienone is 18. The van der Waals surface area contributed by atoms with Gasteiger partial charge in [-0.2, -0.15) is 0 Å². The molecule has 0 spiro atoms. The second-order valence-electron chi connectivity index (χ2n) is 20.4. The van der Waals surface area contributed by atoms with Crippen molar-refractivity contribution in [2.24, 2.45) is 0 Å². The number of ether oxygens (including phenoxy) is 6. The lowest BCUT2D eigenvalue weighted by atomic mass is 9.96. The summed E-state index contributed by atoms with van der Waals surface area (Å²) in [5.74, 6) is -0.291. The maximum absolute atomic E-state index is 13.2. The Balaban J connectivity index is 1.36. The van der Waals surface area contributed by atoms with Gasteiger partial charge in [0.25, 0.3) is 0 Å². The van der Waals surface area contributed by atoms with Crippen LogP contribution in [-0.4, -0.2) is 193 Å². The molecule has 3 fully saturated rings. The average Bonchev–Trinajstić information content (AvgIpc) is 3.58. The Labute approximate surface area is 475 Å². The zero-order valence-electron chi connectivity index (χ0n) is 47.2. The minimum atomic E-state index is -1.98. The predicted molar refractivity (Wildman–Crippen MR) is 304 cm³/mol. The number of amides is 1. The highest BCUT2D eigenvalue weighted by atomic mass is 16.8. The van der Waals surface area contributed by atoms with E-state index in [1.807, 2.05) is 0 Å². The average molecular weight is 1130 g/mol. The van der Waals surface area contributed by atoms with Gasteiger partial charge in [-0.1, -0.05) is 155 Å². The van der Waals surface area contributed by atoms with Crippen molar-refractivity contribution >= 4 is 5.91 Å². The van der Waals surface area contributed by atoms with Gasteiger partial charge >= 0.3 is 0 Å². The zero-order valence-corrected chi connectivity index (χ0v) is 47.2. The largest absolute Gasteiger partial charge is 0.394 e. The molecule has 0 radical (unpaired) electrons. The van der Waals surface area contributed by atoms with Crippen molar-refractivity contribution in [2.45, 2.75) is 240 Å². The van der Waals surface area contributed by atoms with Gasteiger partial charge in [0, 0.05) is 6.42 Å². The number of unbranched alkanes of at least 4 members (excludes halogenated alkanes) is 6. The third-order valence-electron chi connectivity index (χ3n) is 13.9. The van der Waals surface area contributed by atoms with Crippen molar-refractivity contribution in [3.05, 3.63) is 109 Å². The maximum atomic E-state index is 13.2. The van der Waals surface area contributed by atoms with Crippen LogP contribution in [0.5, 0.6) is 0 Å². The number of hydrogen-bond acceptors (Lipinski definition) is 18. The van der Waals surface area contributed by atoms with Crippen LogP contribution in [-0.2, 0) is 33.2 Å². The number of carbonyl (C=O) groups excluding carboxylic acids is 1. The van der Waals surface area contributed by atoms with Crippen LogP contribution in [0.15, 0.2) is 109 Å². The van der Waals surface area contributed by atoms with E-state index in [2.05, 4.69) is 129 Å². The van der Waals surface area contributed by atoms with Gasteiger partial charge in [0.1, 0.15) is 73.2 Å². The van der Waals surface area contributed by atoms with E-state index in [0.717, 1.165) is 96.3 Å². The molecule has 3 saturated heterocycles. The summed E-state index contributed by atoms with van der Waals surface area (Å²) >= 11 is 0. The fourth-order valence-corrected chi connectivity index (χ4v) is 9.07. The van der Waals surface area contributed by atoms with Gasteiger partial charge in [-0.15, -0.1) is 0 Å². The minimum absolute atomic E-state index is 0.216. The first-order chi connectivity index (χ1) is 38.8. The summed E-state index contributed by atoms with van der Waals surface area (Å²) < 4.78 is 34.0. The molecule has 80 heavy (non-hydrogen) atoms. The predicted octanol–water partition coefficient (Wildman–Crippen LogP) is 4.75. The zero-order chi connectivity index (χ0) is 58.3. The molecule has 0 aromatic heterocycles. The second-order valence-corrected chi connectivity index (χ2v) is 20.4. The second kappa shape index (κ2) is 43.1. The third-order valence-corrected chi connectivity index (χ3v) is 13.9. The van der Waals surface area contributed by atoms with E-state index in [1.165, 1.54) is 0 Å². The van der Waals surface area contributed by atoms with Gasteiger partial charge in [0.15, 0.2) is 18.9 Å². The smallest absolute Gasteiger partial charge is 0.220 e. The molecule has 0 bridgehead atoms. The first-order valence-electron chi connectivity index (χ1n) is 29.1. The lowest BCUT2D eigenvalue weighted by Crippen LogP contribution is -2.66. The van der Waals surface area contributed by atoms with E-state index in [0.29, 0.717) is 19.3 Å². The highest BCUT2D eigenvalue weighted by Gasteiger charge is 2.53. The van der Waals surface area contributed by atoms with Crippen molar-refractivity contribution in [2.75, 3.05) is 26.4 Å². The normalized spacial score (nSPS) is 30.8. The summed E-state index contributed by atoms with van der Waals surface area (Å²) in [5, 5.41) is 119. The molecule has 1 amide bonds. The van der Waals surface area contributed by atoms with Gasteiger partial charge in [-0.25, -0.2) is 0 Å². The number of carbonyl (C=O) groups is 1. The first-order valence-corrected chi connectivity index (χ1v) is 29.1. The summed E-state index contributed by atoms with van der Waals surface area (Å²) in [6.07, 6.45) is 28.6. The molecule has 0 aromatic carbocycles. The lowest BCUT2D eigenvalue weighted by molar-refractivity contribution is -0.379. The van der Waals surface area contributed by atoms with Crippen LogP contribution in [0, 0.1) is 0 Å². The highest BCUT2D eigenvalue weighted by molar-refractivity contribution is 5.76.